The van der Waals surface area contributed by atoms with Gasteiger partial charge in [-0.3, -0.25) is 0 Å². The smallest absolute Gasteiger partial charge is 0.0933 e. The van der Waals surface area contributed by atoms with Gasteiger partial charge in [0.25, 0.3) is 0 Å². The number of fused-ring (bicyclic) bond motifs is 4. The fraction of sp³-hybridized carbons (Fsp3) is 0.692. The minimum atomic E-state index is -0.929. The predicted molar refractivity (Wildman–Crippen MR) is 118 cm³/mol. The molecule has 4 nitrogen and oxygen atoms in total. The van der Waals surface area contributed by atoms with Crippen LogP contribution < -0.4 is 0 Å². The number of rotatable bonds is 4. The van der Waals surface area contributed by atoms with Crippen molar-refractivity contribution in [3.63, 3.8) is 0 Å². The van der Waals surface area contributed by atoms with Crippen molar-refractivity contribution in [3.8, 4) is 0 Å². The van der Waals surface area contributed by atoms with Crippen molar-refractivity contribution in [1.82, 2.24) is 0 Å². The monoisotopic (exact) mass is 414 g/mol. The van der Waals surface area contributed by atoms with Crippen LogP contribution in [0, 0.1) is 17.8 Å². The topological polar surface area (TPSA) is 58.9 Å². The Morgan fingerprint density at radius 1 is 1.07 bits per heavy atom. The molecule has 2 bridgehead atoms. The Balaban J connectivity index is 1.68. The summed E-state index contributed by atoms with van der Waals surface area (Å²) in [6.45, 7) is 8.90. The van der Waals surface area contributed by atoms with E-state index in [1.54, 1.807) is 0 Å². The van der Waals surface area contributed by atoms with Gasteiger partial charge in [0.05, 0.1) is 36.1 Å². The van der Waals surface area contributed by atoms with Crippen LogP contribution in [-0.4, -0.2) is 39.7 Å². The first kappa shape index (κ1) is 22.0. The van der Waals surface area contributed by atoms with E-state index in [-0.39, 0.29) is 24.2 Å². The molecule has 3 aliphatic rings. The summed E-state index contributed by atoms with van der Waals surface area (Å²) in [5.41, 5.74) is 0.560. The van der Waals surface area contributed by atoms with E-state index in [4.69, 9.17) is 9.47 Å². The Hall–Kier alpha value is -1.20. The normalized spacial score (nSPS) is 43.3. The van der Waals surface area contributed by atoms with E-state index < -0.39 is 11.2 Å². The summed E-state index contributed by atoms with van der Waals surface area (Å²) < 4.78 is 13.0. The highest BCUT2D eigenvalue weighted by atomic mass is 16.5. The van der Waals surface area contributed by atoms with E-state index in [0.717, 1.165) is 12.8 Å². The molecule has 2 heterocycles. The van der Waals surface area contributed by atoms with Crippen molar-refractivity contribution in [3.05, 3.63) is 47.5 Å². The third-order valence-corrected chi connectivity index (χ3v) is 7.74. The van der Waals surface area contributed by atoms with Gasteiger partial charge in [-0.2, -0.15) is 0 Å². The van der Waals surface area contributed by atoms with Crippen molar-refractivity contribution in [2.75, 3.05) is 0 Å². The first-order chi connectivity index (χ1) is 14.2. The fourth-order valence-corrected chi connectivity index (χ4v) is 5.86. The molecular weight excluding hydrogens is 376 g/mol. The summed E-state index contributed by atoms with van der Waals surface area (Å²) in [7, 11) is 0. The minimum absolute atomic E-state index is 0.00103. The first-order valence-corrected chi connectivity index (χ1v) is 11.6. The molecule has 1 aliphatic carbocycles. The molecule has 2 fully saturated rings. The van der Waals surface area contributed by atoms with E-state index in [1.807, 2.05) is 32.0 Å². The maximum absolute atomic E-state index is 11.3. The zero-order valence-electron chi connectivity index (χ0n) is 18.9. The molecule has 2 N–H and O–H groups in total. The maximum atomic E-state index is 11.3. The lowest BCUT2D eigenvalue weighted by Crippen LogP contribution is -2.60. The number of ether oxygens (including phenoxy) is 2. The molecule has 0 spiro atoms. The molecule has 1 aromatic carbocycles. The molecule has 1 saturated carbocycles. The summed E-state index contributed by atoms with van der Waals surface area (Å²) in [4.78, 5) is 0. The summed E-state index contributed by atoms with van der Waals surface area (Å²) in [6.07, 6.45) is 5.61. The van der Waals surface area contributed by atoms with Crippen LogP contribution in [0.3, 0.4) is 0 Å². The zero-order valence-corrected chi connectivity index (χ0v) is 18.9. The third-order valence-electron chi connectivity index (χ3n) is 7.74. The van der Waals surface area contributed by atoms with Crippen LogP contribution in [-0.2, 0) is 16.1 Å². The number of hydrogen-bond donors (Lipinski definition) is 2. The maximum Gasteiger partial charge on any atom is 0.0933 e. The van der Waals surface area contributed by atoms with Gasteiger partial charge in [-0.1, -0.05) is 50.3 Å². The van der Waals surface area contributed by atoms with E-state index >= 15 is 0 Å². The Kier molecular flexibility index (Phi) is 6.15. The van der Waals surface area contributed by atoms with Gasteiger partial charge in [0.2, 0.25) is 0 Å². The summed E-state index contributed by atoms with van der Waals surface area (Å²) in [5.74, 6) is 1.05. The van der Waals surface area contributed by atoms with Gasteiger partial charge in [0, 0.05) is 5.92 Å². The average molecular weight is 415 g/mol. The second-order valence-electron chi connectivity index (χ2n) is 10.5. The van der Waals surface area contributed by atoms with Crippen molar-refractivity contribution in [2.24, 2.45) is 17.8 Å². The predicted octanol–water partition coefficient (Wildman–Crippen LogP) is 4.63. The highest BCUT2D eigenvalue weighted by molar-refractivity contribution is 5.24. The van der Waals surface area contributed by atoms with Gasteiger partial charge < -0.3 is 19.7 Å². The summed E-state index contributed by atoms with van der Waals surface area (Å²) >= 11 is 0. The Morgan fingerprint density at radius 3 is 2.50 bits per heavy atom. The lowest BCUT2D eigenvalue weighted by Gasteiger charge is -2.54. The SMILES string of the molecule is CC(C)[C@H]1CC[C@H](OCc2ccccc2)/C2=C/CC(C)(O)[C@H]3CC[C@@](C)(O)[C@H](O3)[C@@H]21. The van der Waals surface area contributed by atoms with E-state index in [2.05, 4.69) is 32.1 Å². The molecule has 1 unspecified atom stereocenters. The van der Waals surface area contributed by atoms with Crippen LogP contribution >= 0.6 is 0 Å². The molecule has 4 rings (SSSR count). The second kappa shape index (κ2) is 8.38. The average Bonchev–Trinajstić information content (AvgIpc) is 2.70. The fourth-order valence-electron chi connectivity index (χ4n) is 5.86. The lowest BCUT2D eigenvalue weighted by molar-refractivity contribution is -0.236. The van der Waals surface area contributed by atoms with Crippen LogP contribution in [0.5, 0.6) is 0 Å². The molecule has 166 valence electrons. The third kappa shape index (κ3) is 4.25. The minimum Gasteiger partial charge on any atom is -0.387 e. The molecule has 1 aromatic rings. The molecule has 7 atom stereocenters. The summed E-state index contributed by atoms with van der Waals surface area (Å²) in [6, 6.07) is 10.3. The van der Waals surface area contributed by atoms with Crippen LogP contribution in [0.25, 0.3) is 0 Å². The largest absolute Gasteiger partial charge is 0.387 e. The van der Waals surface area contributed by atoms with E-state index in [1.165, 1.54) is 11.1 Å². The van der Waals surface area contributed by atoms with Crippen LogP contribution in [0.2, 0.25) is 0 Å². The Bertz CT molecular complexity index is 752. The second-order valence-corrected chi connectivity index (χ2v) is 10.5. The van der Waals surface area contributed by atoms with Crippen molar-refractivity contribution < 1.29 is 19.7 Å². The van der Waals surface area contributed by atoms with E-state index in [9.17, 15) is 10.2 Å². The lowest BCUT2D eigenvalue weighted by atomic mass is 9.62. The van der Waals surface area contributed by atoms with Gasteiger partial charge in [0.15, 0.2) is 0 Å². The summed E-state index contributed by atoms with van der Waals surface area (Å²) in [5, 5.41) is 22.5. The van der Waals surface area contributed by atoms with Crippen LogP contribution in [0.1, 0.15) is 65.4 Å². The highest BCUT2D eigenvalue weighted by Gasteiger charge is 2.54. The molecule has 1 saturated heterocycles. The quantitative estimate of drug-likeness (QED) is 0.705. The Morgan fingerprint density at radius 2 is 1.80 bits per heavy atom. The molecule has 0 amide bonds. The van der Waals surface area contributed by atoms with Crippen LogP contribution in [0.4, 0.5) is 0 Å². The van der Waals surface area contributed by atoms with Gasteiger partial charge in [-0.05, 0) is 68.9 Å². The Labute approximate surface area is 181 Å². The molecule has 4 heteroatoms. The first-order valence-electron chi connectivity index (χ1n) is 11.6. The number of benzene rings is 1. The molecule has 2 aliphatic heterocycles. The highest BCUT2D eigenvalue weighted by Crippen LogP contribution is 2.50. The van der Waals surface area contributed by atoms with Gasteiger partial charge in [-0.15, -0.1) is 0 Å². The van der Waals surface area contributed by atoms with Crippen molar-refractivity contribution in [2.45, 2.75) is 95.9 Å². The number of aliphatic hydroxyl groups is 2. The van der Waals surface area contributed by atoms with Crippen molar-refractivity contribution in [1.29, 1.82) is 0 Å². The standard InChI is InChI=1S/C26H38O4/c1-17(2)19-10-11-21(29-16-18-8-6-5-7-9-18)20-12-14-25(3,27)22-13-15-26(4,28)24(30-22)23(19)20/h5-9,12,17,19,21-24,27-28H,10-11,13-16H2,1-4H3/b20-12-/t19-,21+,22-,23-,24-,25?,26-/m1/s1. The molecule has 0 aromatic heterocycles. The van der Waals surface area contributed by atoms with Gasteiger partial charge in [0.1, 0.15) is 0 Å². The van der Waals surface area contributed by atoms with E-state index in [0.29, 0.717) is 37.7 Å². The number of hydrogen-bond acceptors (Lipinski definition) is 4. The van der Waals surface area contributed by atoms with Crippen LogP contribution in [0.15, 0.2) is 42.0 Å². The molecule has 0 radical (unpaired) electrons. The molecular formula is C26H38O4. The molecule has 30 heavy (non-hydrogen) atoms. The van der Waals surface area contributed by atoms with Gasteiger partial charge in [-0.25, -0.2) is 0 Å². The van der Waals surface area contributed by atoms with Crippen molar-refractivity contribution >= 4 is 0 Å². The van der Waals surface area contributed by atoms with Gasteiger partial charge >= 0.3 is 0 Å². The zero-order chi connectivity index (χ0) is 21.5.